The van der Waals surface area contributed by atoms with Gasteiger partial charge in [0.25, 0.3) is 0 Å². The quantitative estimate of drug-likeness (QED) is 0.886. The number of thiophene rings is 1. The molecule has 1 aromatic rings. The third-order valence-corrected chi connectivity index (χ3v) is 5.35. The predicted octanol–water partition coefficient (Wildman–Crippen LogP) is 2.18. The van der Waals surface area contributed by atoms with Crippen molar-refractivity contribution in [1.82, 2.24) is 10.6 Å². The summed E-state index contributed by atoms with van der Waals surface area (Å²) in [5, 5.41) is 10.8. The summed E-state index contributed by atoms with van der Waals surface area (Å²) in [7, 11) is 0. The highest BCUT2D eigenvalue weighted by Crippen LogP contribution is 2.58. The molecule has 3 nitrogen and oxygen atoms in total. The minimum Gasteiger partial charge on any atom is -0.353 e. The first kappa shape index (κ1) is 13.1. The molecule has 1 aromatic heterocycles. The van der Waals surface area contributed by atoms with Crippen molar-refractivity contribution in [2.45, 2.75) is 38.6 Å². The van der Waals surface area contributed by atoms with Crippen LogP contribution in [0.1, 0.15) is 31.7 Å². The lowest BCUT2D eigenvalue weighted by molar-refractivity contribution is -0.123. The summed E-state index contributed by atoms with van der Waals surface area (Å²) in [6.45, 7) is 4.26. The number of carbonyl (C=O) groups is 1. The zero-order valence-electron chi connectivity index (χ0n) is 11.4. The lowest BCUT2D eigenvalue weighted by Crippen LogP contribution is -2.38. The van der Waals surface area contributed by atoms with E-state index in [4.69, 9.17) is 0 Å². The molecule has 1 saturated heterocycles. The number of hydrogen-bond acceptors (Lipinski definition) is 3. The zero-order valence-corrected chi connectivity index (χ0v) is 12.3. The van der Waals surface area contributed by atoms with E-state index in [1.165, 1.54) is 18.4 Å². The third-order valence-electron chi connectivity index (χ3n) is 4.62. The Morgan fingerprint density at radius 2 is 2.37 bits per heavy atom. The van der Waals surface area contributed by atoms with Crippen molar-refractivity contribution in [3.63, 3.8) is 0 Å². The van der Waals surface area contributed by atoms with Gasteiger partial charge < -0.3 is 10.6 Å². The molecule has 104 valence electrons. The number of rotatable bonds is 4. The molecule has 4 heteroatoms. The van der Waals surface area contributed by atoms with E-state index in [0.717, 1.165) is 25.9 Å². The highest BCUT2D eigenvalue weighted by atomic mass is 32.1. The Bertz CT molecular complexity index is 437. The van der Waals surface area contributed by atoms with Gasteiger partial charge in [-0.3, -0.25) is 4.79 Å². The van der Waals surface area contributed by atoms with E-state index < -0.39 is 0 Å². The van der Waals surface area contributed by atoms with Crippen molar-refractivity contribution in [3.8, 4) is 0 Å². The van der Waals surface area contributed by atoms with Gasteiger partial charge in [-0.25, -0.2) is 0 Å². The molecule has 1 aliphatic heterocycles. The molecule has 19 heavy (non-hydrogen) atoms. The average Bonchev–Trinajstić information content (AvgIpc) is 2.84. The molecule has 1 saturated carbocycles. The molecule has 1 aliphatic carbocycles. The van der Waals surface area contributed by atoms with Crippen LogP contribution in [0.4, 0.5) is 0 Å². The van der Waals surface area contributed by atoms with E-state index in [0.29, 0.717) is 5.41 Å². The zero-order chi connectivity index (χ0) is 13.3. The Kier molecular flexibility index (Phi) is 3.63. The van der Waals surface area contributed by atoms with E-state index in [1.807, 2.05) is 0 Å². The maximum absolute atomic E-state index is 12.3. The van der Waals surface area contributed by atoms with E-state index in [-0.39, 0.29) is 17.9 Å². The Balaban J connectivity index is 1.49. The van der Waals surface area contributed by atoms with E-state index in [2.05, 4.69) is 34.4 Å². The number of amides is 1. The highest BCUT2D eigenvalue weighted by molar-refractivity contribution is 7.07. The second-order valence-corrected chi connectivity index (χ2v) is 6.89. The smallest absolute Gasteiger partial charge is 0.223 e. The molecule has 1 amide bonds. The third kappa shape index (κ3) is 2.84. The maximum Gasteiger partial charge on any atom is 0.223 e. The molecule has 2 fully saturated rings. The van der Waals surface area contributed by atoms with Gasteiger partial charge in [-0.1, -0.05) is 0 Å². The lowest BCUT2D eigenvalue weighted by atomic mass is 9.91. The van der Waals surface area contributed by atoms with Gasteiger partial charge in [0.05, 0.1) is 0 Å². The average molecular weight is 278 g/mol. The van der Waals surface area contributed by atoms with E-state index >= 15 is 0 Å². The minimum absolute atomic E-state index is 0.237. The first-order valence-corrected chi connectivity index (χ1v) is 8.16. The largest absolute Gasteiger partial charge is 0.353 e. The van der Waals surface area contributed by atoms with Gasteiger partial charge in [-0.2, -0.15) is 11.3 Å². The Hall–Kier alpha value is -0.870. The van der Waals surface area contributed by atoms with Crippen molar-refractivity contribution in [2.24, 2.45) is 11.3 Å². The van der Waals surface area contributed by atoms with Crippen molar-refractivity contribution in [3.05, 3.63) is 22.4 Å². The lowest BCUT2D eigenvalue weighted by Gasteiger charge is -2.23. The summed E-state index contributed by atoms with van der Waals surface area (Å²) >= 11 is 1.72. The molecule has 2 atom stereocenters. The second kappa shape index (κ2) is 5.25. The second-order valence-electron chi connectivity index (χ2n) is 6.11. The summed E-state index contributed by atoms with van der Waals surface area (Å²) in [4.78, 5) is 12.3. The standard InChI is InChI=1S/C15H22N2OS/c1-11(8-12-2-7-19-10-12)17-14(18)13-9-15(13)3-5-16-6-4-15/h2,7,10-11,13,16H,3-6,8-9H2,1H3,(H,17,18). The highest BCUT2D eigenvalue weighted by Gasteiger charge is 2.57. The fourth-order valence-electron chi connectivity index (χ4n) is 3.35. The molecule has 2 unspecified atom stereocenters. The first-order valence-electron chi connectivity index (χ1n) is 7.22. The fraction of sp³-hybridized carbons (Fsp3) is 0.667. The van der Waals surface area contributed by atoms with Crippen LogP contribution in [0.3, 0.4) is 0 Å². The van der Waals surface area contributed by atoms with Gasteiger partial charge in [0.2, 0.25) is 5.91 Å². The number of nitrogens with one attached hydrogen (secondary N) is 2. The topological polar surface area (TPSA) is 41.1 Å². The minimum atomic E-state index is 0.237. The molecule has 3 rings (SSSR count). The molecule has 0 aromatic carbocycles. The van der Waals surface area contributed by atoms with Crippen LogP contribution in [0.5, 0.6) is 0 Å². The van der Waals surface area contributed by atoms with Gasteiger partial charge in [-0.05, 0) is 73.5 Å². The van der Waals surface area contributed by atoms with Crippen LogP contribution in [0.2, 0.25) is 0 Å². The van der Waals surface area contributed by atoms with Crippen molar-refractivity contribution in [1.29, 1.82) is 0 Å². The summed E-state index contributed by atoms with van der Waals surface area (Å²) in [5.41, 5.74) is 1.67. The van der Waals surface area contributed by atoms with Gasteiger partial charge in [0.1, 0.15) is 0 Å². The van der Waals surface area contributed by atoms with Crippen LogP contribution in [0, 0.1) is 11.3 Å². The van der Waals surface area contributed by atoms with Gasteiger partial charge in [0, 0.05) is 12.0 Å². The van der Waals surface area contributed by atoms with Crippen LogP contribution >= 0.6 is 11.3 Å². The molecule has 2 aliphatic rings. The molecule has 0 radical (unpaired) electrons. The number of piperidine rings is 1. The van der Waals surface area contributed by atoms with Crippen LogP contribution in [-0.4, -0.2) is 25.0 Å². The van der Waals surface area contributed by atoms with Gasteiger partial charge in [0.15, 0.2) is 0 Å². The fourth-order valence-corrected chi connectivity index (χ4v) is 4.03. The molecule has 1 spiro atoms. The van der Waals surface area contributed by atoms with Crippen LogP contribution < -0.4 is 10.6 Å². The number of carbonyl (C=O) groups excluding carboxylic acids is 1. The van der Waals surface area contributed by atoms with Crippen molar-refractivity contribution >= 4 is 17.2 Å². The number of hydrogen-bond donors (Lipinski definition) is 2. The van der Waals surface area contributed by atoms with Gasteiger partial charge >= 0.3 is 0 Å². The van der Waals surface area contributed by atoms with Crippen molar-refractivity contribution in [2.75, 3.05) is 13.1 Å². The molecule has 2 N–H and O–H groups in total. The Morgan fingerprint density at radius 3 is 3.05 bits per heavy atom. The summed E-state index contributed by atoms with van der Waals surface area (Å²) < 4.78 is 0. The summed E-state index contributed by atoms with van der Waals surface area (Å²) in [6, 6.07) is 2.38. The van der Waals surface area contributed by atoms with Gasteiger partial charge in [-0.15, -0.1) is 0 Å². The Labute approximate surface area is 118 Å². The monoisotopic (exact) mass is 278 g/mol. The van der Waals surface area contributed by atoms with Crippen LogP contribution in [0.25, 0.3) is 0 Å². The first-order chi connectivity index (χ1) is 9.20. The maximum atomic E-state index is 12.3. The predicted molar refractivity (Wildman–Crippen MR) is 78.3 cm³/mol. The molecular weight excluding hydrogens is 256 g/mol. The van der Waals surface area contributed by atoms with Crippen LogP contribution in [-0.2, 0) is 11.2 Å². The van der Waals surface area contributed by atoms with Crippen LogP contribution in [0.15, 0.2) is 16.8 Å². The normalized spacial score (nSPS) is 26.1. The molecule has 2 heterocycles. The van der Waals surface area contributed by atoms with E-state index in [1.54, 1.807) is 11.3 Å². The summed E-state index contributed by atoms with van der Waals surface area (Å²) in [5.74, 6) is 0.559. The van der Waals surface area contributed by atoms with Crippen molar-refractivity contribution < 1.29 is 4.79 Å². The molecular formula is C15H22N2OS. The van der Waals surface area contributed by atoms with E-state index in [9.17, 15) is 4.79 Å². The summed E-state index contributed by atoms with van der Waals surface area (Å²) in [6.07, 6.45) is 4.39. The Morgan fingerprint density at radius 1 is 1.58 bits per heavy atom. The molecule has 0 bridgehead atoms. The SMILES string of the molecule is CC(Cc1ccsc1)NC(=O)C1CC12CCNCC2.